The molecule has 22 heavy (non-hydrogen) atoms. The van der Waals surface area contributed by atoms with Crippen molar-refractivity contribution in [2.45, 2.75) is 13.0 Å². The van der Waals surface area contributed by atoms with E-state index in [0.717, 1.165) is 16.9 Å². The van der Waals surface area contributed by atoms with Crippen molar-refractivity contribution in [2.75, 3.05) is 6.54 Å². The molecular weight excluding hydrogens is 314 g/mol. The van der Waals surface area contributed by atoms with Crippen molar-refractivity contribution < 1.29 is 9.53 Å². The first kappa shape index (κ1) is 15.1. The first-order valence-electron chi connectivity index (χ1n) is 6.93. The van der Waals surface area contributed by atoms with E-state index < -0.39 is 0 Å². The van der Waals surface area contributed by atoms with Crippen molar-refractivity contribution >= 4 is 40.3 Å². The van der Waals surface area contributed by atoms with Crippen LogP contribution in [0.15, 0.2) is 53.5 Å². The molecule has 1 amide bonds. The van der Waals surface area contributed by atoms with Gasteiger partial charge >= 0.3 is 0 Å². The number of carbonyl (C=O) groups is 1. The summed E-state index contributed by atoms with van der Waals surface area (Å²) in [6.45, 7) is 6.07. The van der Waals surface area contributed by atoms with Crippen LogP contribution >= 0.6 is 24.0 Å². The number of fused-ring (bicyclic) bond motifs is 1. The summed E-state index contributed by atoms with van der Waals surface area (Å²) in [5, 5.41) is 0. The quantitative estimate of drug-likeness (QED) is 0.479. The van der Waals surface area contributed by atoms with E-state index in [1.807, 2.05) is 37.3 Å². The summed E-state index contributed by atoms with van der Waals surface area (Å²) in [5.41, 5.74) is 1.99. The van der Waals surface area contributed by atoms with Crippen LogP contribution in [0.2, 0.25) is 0 Å². The molecule has 0 aliphatic carbocycles. The molecular formula is C17H15NO2S2. The molecule has 112 valence electrons. The summed E-state index contributed by atoms with van der Waals surface area (Å²) in [7, 11) is 0. The van der Waals surface area contributed by atoms with Gasteiger partial charge in [0, 0.05) is 12.1 Å². The van der Waals surface area contributed by atoms with Crippen LogP contribution in [0.4, 0.5) is 0 Å². The van der Waals surface area contributed by atoms with Crippen molar-refractivity contribution in [1.82, 2.24) is 4.90 Å². The van der Waals surface area contributed by atoms with E-state index >= 15 is 0 Å². The van der Waals surface area contributed by atoms with Crippen molar-refractivity contribution in [3.05, 3.63) is 59.0 Å². The molecule has 0 N–H and O–H groups in total. The number of ether oxygens (including phenoxy) is 1. The summed E-state index contributed by atoms with van der Waals surface area (Å²) >= 11 is 6.57. The molecule has 0 aromatic heterocycles. The fraction of sp³-hybridized carbons (Fsp3) is 0.176. The summed E-state index contributed by atoms with van der Waals surface area (Å²) < 4.78 is 6.47. The Balaban J connectivity index is 1.92. The second kappa shape index (κ2) is 6.10. The Morgan fingerprint density at radius 2 is 2.23 bits per heavy atom. The highest BCUT2D eigenvalue weighted by Crippen LogP contribution is 2.35. The molecule has 0 unspecified atom stereocenters. The number of nitrogens with zero attached hydrogens (tertiary/aromatic N) is 1. The number of carbonyl (C=O) groups excluding carboxylic acids is 1. The van der Waals surface area contributed by atoms with Crippen LogP contribution < -0.4 is 4.74 Å². The van der Waals surface area contributed by atoms with Gasteiger partial charge in [0.25, 0.3) is 5.91 Å². The number of para-hydroxylation sites is 1. The molecule has 2 heterocycles. The Kier molecular flexibility index (Phi) is 4.18. The Morgan fingerprint density at radius 1 is 1.45 bits per heavy atom. The molecule has 0 spiro atoms. The summed E-state index contributed by atoms with van der Waals surface area (Å²) in [6, 6.07) is 7.86. The molecule has 5 heteroatoms. The van der Waals surface area contributed by atoms with Gasteiger partial charge in [-0.05, 0) is 30.7 Å². The molecule has 0 saturated carbocycles. The Labute approximate surface area is 139 Å². The van der Waals surface area contributed by atoms with E-state index in [4.69, 9.17) is 17.0 Å². The van der Waals surface area contributed by atoms with E-state index in [0.29, 0.717) is 15.8 Å². The minimum Gasteiger partial charge on any atom is -0.485 e. The zero-order chi connectivity index (χ0) is 15.7. The van der Waals surface area contributed by atoms with Crippen molar-refractivity contribution in [3.63, 3.8) is 0 Å². The second-order valence-electron chi connectivity index (χ2n) is 5.02. The van der Waals surface area contributed by atoms with Gasteiger partial charge in [-0.15, -0.1) is 6.58 Å². The average Bonchev–Trinajstić information content (AvgIpc) is 2.76. The van der Waals surface area contributed by atoms with Crippen molar-refractivity contribution in [1.29, 1.82) is 0 Å². The zero-order valence-corrected chi connectivity index (χ0v) is 13.7. The molecule has 2 aliphatic rings. The highest BCUT2D eigenvalue weighted by Gasteiger charge is 2.32. The third kappa shape index (κ3) is 2.74. The maximum absolute atomic E-state index is 12.4. The first-order valence-corrected chi connectivity index (χ1v) is 8.16. The highest BCUT2D eigenvalue weighted by molar-refractivity contribution is 8.26. The van der Waals surface area contributed by atoms with Crippen LogP contribution in [0.3, 0.4) is 0 Å². The van der Waals surface area contributed by atoms with Gasteiger partial charge in [-0.3, -0.25) is 9.69 Å². The molecule has 1 atom stereocenters. The number of hydrogen-bond donors (Lipinski definition) is 0. The second-order valence-corrected chi connectivity index (χ2v) is 6.70. The van der Waals surface area contributed by atoms with Gasteiger partial charge in [0.2, 0.25) is 0 Å². The monoisotopic (exact) mass is 329 g/mol. The van der Waals surface area contributed by atoms with Crippen LogP contribution in [0.25, 0.3) is 6.08 Å². The normalized spacial score (nSPS) is 22.4. The average molecular weight is 329 g/mol. The predicted molar refractivity (Wildman–Crippen MR) is 94.7 cm³/mol. The number of thioether (sulfide) groups is 1. The smallest absolute Gasteiger partial charge is 0.266 e. The number of amides is 1. The molecule has 1 fully saturated rings. The Bertz CT molecular complexity index is 721. The van der Waals surface area contributed by atoms with Gasteiger partial charge in [0.15, 0.2) is 0 Å². The SMILES string of the molecule is C=CCN1C(=O)/C(=C/C2=Cc3ccccc3O[C@@H]2C)SC1=S. The van der Waals surface area contributed by atoms with Crippen LogP contribution in [0, 0.1) is 0 Å². The summed E-state index contributed by atoms with van der Waals surface area (Å²) in [5.74, 6) is 0.799. The first-order chi connectivity index (χ1) is 10.6. The summed E-state index contributed by atoms with van der Waals surface area (Å²) in [6.07, 6.45) is 5.51. The highest BCUT2D eigenvalue weighted by atomic mass is 32.2. The van der Waals surface area contributed by atoms with E-state index in [2.05, 4.69) is 12.7 Å². The van der Waals surface area contributed by atoms with Gasteiger partial charge in [-0.1, -0.05) is 48.3 Å². The minimum absolute atomic E-state index is 0.0677. The van der Waals surface area contributed by atoms with Crippen LogP contribution in [-0.2, 0) is 4.79 Å². The third-order valence-corrected chi connectivity index (χ3v) is 4.88. The van der Waals surface area contributed by atoms with E-state index in [-0.39, 0.29) is 12.0 Å². The molecule has 1 saturated heterocycles. The minimum atomic E-state index is -0.0992. The lowest BCUT2D eigenvalue weighted by molar-refractivity contribution is -0.121. The van der Waals surface area contributed by atoms with Gasteiger partial charge in [-0.2, -0.15) is 0 Å². The Morgan fingerprint density at radius 3 is 3.00 bits per heavy atom. The number of thiocarbonyl (C=S) groups is 1. The Hall–Kier alpha value is -1.85. The largest absolute Gasteiger partial charge is 0.485 e. The molecule has 3 rings (SSSR count). The fourth-order valence-electron chi connectivity index (χ4n) is 2.36. The van der Waals surface area contributed by atoms with Crippen LogP contribution in [0.1, 0.15) is 12.5 Å². The predicted octanol–water partition coefficient (Wildman–Crippen LogP) is 3.78. The van der Waals surface area contributed by atoms with Crippen LogP contribution in [-0.4, -0.2) is 27.8 Å². The van der Waals surface area contributed by atoms with Gasteiger partial charge in [-0.25, -0.2) is 0 Å². The maximum Gasteiger partial charge on any atom is 0.266 e. The lowest BCUT2D eigenvalue weighted by atomic mass is 10.0. The van der Waals surface area contributed by atoms with E-state index in [9.17, 15) is 4.79 Å². The van der Waals surface area contributed by atoms with Crippen molar-refractivity contribution in [2.24, 2.45) is 0 Å². The molecule has 2 aliphatic heterocycles. The number of hydrogen-bond acceptors (Lipinski definition) is 4. The lowest BCUT2D eigenvalue weighted by Crippen LogP contribution is -2.28. The third-order valence-electron chi connectivity index (χ3n) is 3.50. The van der Waals surface area contributed by atoms with Gasteiger partial charge < -0.3 is 4.74 Å². The molecule has 0 bridgehead atoms. The van der Waals surface area contributed by atoms with E-state index in [1.54, 1.807) is 11.0 Å². The lowest BCUT2D eigenvalue weighted by Gasteiger charge is -2.23. The fourth-order valence-corrected chi connectivity index (χ4v) is 3.63. The number of rotatable bonds is 3. The van der Waals surface area contributed by atoms with E-state index in [1.165, 1.54) is 11.8 Å². The van der Waals surface area contributed by atoms with Gasteiger partial charge in [0.05, 0.1) is 4.91 Å². The standard InChI is InChI=1S/C17H15NO2S2/c1-3-8-18-16(19)15(22-17(18)21)10-13-9-12-6-4-5-7-14(12)20-11(13)2/h3-7,9-11H,1,8H2,2H3/b15-10-/t11-/m1/s1. The van der Waals surface area contributed by atoms with Gasteiger partial charge in [0.1, 0.15) is 16.2 Å². The summed E-state index contributed by atoms with van der Waals surface area (Å²) in [4.78, 5) is 14.6. The molecule has 1 aromatic rings. The molecule has 3 nitrogen and oxygen atoms in total. The molecule has 1 aromatic carbocycles. The zero-order valence-electron chi connectivity index (χ0n) is 12.1. The van der Waals surface area contributed by atoms with Crippen LogP contribution in [0.5, 0.6) is 5.75 Å². The maximum atomic E-state index is 12.4. The topological polar surface area (TPSA) is 29.5 Å². The molecule has 0 radical (unpaired) electrons. The number of benzene rings is 1. The van der Waals surface area contributed by atoms with Crippen molar-refractivity contribution in [3.8, 4) is 5.75 Å².